The Labute approximate surface area is 146 Å². The van der Waals surface area contributed by atoms with E-state index in [9.17, 15) is 4.79 Å². The van der Waals surface area contributed by atoms with Crippen molar-refractivity contribution >= 4 is 17.5 Å². The highest BCUT2D eigenvalue weighted by Crippen LogP contribution is 2.39. The number of amides is 1. The molecule has 2 fully saturated rings. The van der Waals surface area contributed by atoms with Crippen LogP contribution in [0.15, 0.2) is 30.5 Å². The molecule has 126 valence electrons. The molecule has 1 unspecified atom stereocenters. The maximum atomic E-state index is 12.5. The molecule has 1 amide bonds. The van der Waals surface area contributed by atoms with Crippen LogP contribution in [0, 0.1) is 0 Å². The van der Waals surface area contributed by atoms with Gasteiger partial charge in [0.1, 0.15) is 0 Å². The summed E-state index contributed by atoms with van der Waals surface area (Å²) in [6, 6.07) is 7.99. The largest absolute Gasteiger partial charge is 0.340 e. The number of halogens is 1. The van der Waals surface area contributed by atoms with Gasteiger partial charge in [-0.15, -0.1) is 5.10 Å². The average Bonchev–Trinajstić information content (AvgIpc) is 3.12. The van der Waals surface area contributed by atoms with E-state index < -0.39 is 0 Å². The van der Waals surface area contributed by atoms with Gasteiger partial charge in [-0.25, -0.2) is 4.68 Å². The molecule has 24 heavy (non-hydrogen) atoms. The molecule has 2 aromatic rings. The third-order valence-electron chi connectivity index (χ3n) is 4.93. The van der Waals surface area contributed by atoms with Gasteiger partial charge in [0.2, 0.25) is 5.91 Å². The van der Waals surface area contributed by atoms with Crippen LogP contribution in [0.2, 0.25) is 5.02 Å². The fourth-order valence-corrected chi connectivity index (χ4v) is 3.53. The van der Waals surface area contributed by atoms with E-state index in [1.807, 2.05) is 33.8 Å². The van der Waals surface area contributed by atoms with E-state index in [-0.39, 0.29) is 11.9 Å². The second-order valence-electron chi connectivity index (χ2n) is 6.81. The standard InChI is InChI=1S/C18H21ClN4O/c19-15-3-1-2-13(10-15)4-7-18(24)22-9-8-16(11-22)23-12-17(20-21-23)14-5-6-14/h1-3,10,12,14,16H,4-9,11H2. The Morgan fingerprint density at radius 1 is 1.29 bits per heavy atom. The lowest BCUT2D eigenvalue weighted by Gasteiger charge is -2.16. The molecule has 1 saturated carbocycles. The summed E-state index contributed by atoms with van der Waals surface area (Å²) in [5.41, 5.74) is 2.22. The van der Waals surface area contributed by atoms with Crippen LogP contribution < -0.4 is 0 Å². The smallest absolute Gasteiger partial charge is 0.222 e. The Balaban J connectivity index is 1.31. The first-order valence-electron chi connectivity index (χ1n) is 8.63. The molecule has 0 radical (unpaired) electrons. The third kappa shape index (κ3) is 3.46. The summed E-state index contributed by atoms with van der Waals surface area (Å²) in [6.45, 7) is 1.54. The summed E-state index contributed by atoms with van der Waals surface area (Å²) >= 11 is 5.99. The van der Waals surface area contributed by atoms with Crippen molar-refractivity contribution in [2.45, 2.75) is 44.1 Å². The molecular formula is C18H21ClN4O. The summed E-state index contributed by atoms with van der Waals surface area (Å²) in [5, 5.41) is 9.27. The van der Waals surface area contributed by atoms with Crippen LogP contribution in [-0.4, -0.2) is 38.9 Å². The normalized spacial score (nSPS) is 20.5. The molecule has 1 aromatic carbocycles. The molecule has 5 nitrogen and oxygen atoms in total. The Morgan fingerprint density at radius 3 is 2.96 bits per heavy atom. The van der Waals surface area contributed by atoms with Gasteiger partial charge in [-0.3, -0.25) is 4.79 Å². The second kappa shape index (κ2) is 6.55. The fourth-order valence-electron chi connectivity index (χ4n) is 3.32. The number of hydrogen-bond acceptors (Lipinski definition) is 3. The van der Waals surface area contributed by atoms with Crippen LogP contribution in [0.1, 0.15) is 48.9 Å². The van der Waals surface area contributed by atoms with Crippen molar-refractivity contribution in [3.63, 3.8) is 0 Å². The monoisotopic (exact) mass is 344 g/mol. The van der Waals surface area contributed by atoms with E-state index in [0.29, 0.717) is 12.3 Å². The average molecular weight is 345 g/mol. The van der Waals surface area contributed by atoms with Crippen molar-refractivity contribution < 1.29 is 4.79 Å². The van der Waals surface area contributed by atoms with E-state index >= 15 is 0 Å². The molecule has 4 rings (SSSR count). The van der Waals surface area contributed by atoms with Crippen LogP contribution in [0.25, 0.3) is 0 Å². The lowest BCUT2D eigenvalue weighted by molar-refractivity contribution is -0.130. The van der Waals surface area contributed by atoms with Gasteiger partial charge >= 0.3 is 0 Å². The number of carbonyl (C=O) groups excluding carboxylic acids is 1. The first-order chi connectivity index (χ1) is 11.7. The number of aromatic nitrogens is 3. The molecule has 1 saturated heterocycles. The van der Waals surface area contributed by atoms with Crippen LogP contribution in [0.3, 0.4) is 0 Å². The van der Waals surface area contributed by atoms with E-state index in [2.05, 4.69) is 16.5 Å². The zero-order valence-corrected chi connectivity index (χ0v) is 14.3. The Morgan fingerprint density at radius 2 is 2.17 bits per heavy atom. The van der Waals surface area contributed by atoms with Crippen molar-refractivity contribution in [3.8, 4) is 0 Å². The van der Waals surface area contributed by atoms with Crippen LogP contribution in [0.4, 0.5) is 0 Å². The fraction of sp³-hybridized carbons (Fsp3) is 0.500. The Kier molecular flexibility index (Phi) is 4.27. The van der Waals surface area contributed by atoms with Crippen molar-refractivity contribution in [2.24, 2.45) is 0 Å². The number of likely N-dealkylation sites (tertiary alicyclic amines) is 1. The number of nitrogens with zero attached hydrogens (tertiary/aromatic N) is 4. The van der Waals surface area contributed by atoms with Crippen LogP contribution in [0.5, 0.6) is 0 Å². The molecule has 0 bridgehead atoms. The molecule has 2 aliphatic rings. The summed E-state index contributed by atoms with van der Waals surface area (Å²) in [4.78, 5) is 14.4. The van der Waals surface area contributed by atoms with Crippen molar-refractivity contribution in [3.05, 3.63) is 46.7 Å². The van der Waals surface area contributed by atoms with E-state index in [1.165, 1.54) is 12.8 Å². The molecule has 1 atom stereocenters. The van der Waals surface area contributed by atoms with Crippen LogP contribution >= 0.6 is 11.6 Å². The number of hydrogen-bond donors (Lipinski definition) is 0. The van der Waals surface area contributed by atoms with Crippen molar-refractivity contribution in [2.75, 3.05) is 13.1 Å². The number of carbonyl (C=O) groups is 1. The van der Waals surface area contributed by atoms with Gasteiger partial charge in [0.25, 0.3) is 0 Å². The molecule has 1 aliphatic heterocycles. The molecule has 1 aromatic heterocycles. The van der Waals surface area contributed by atoms with Crippen molar-refractivity contribution in [1.29, 1.82) is 0 Å². The Hall–Kier alpha value is -1.88. The predicted octanol–water partition coefficient (Wildman–Crippen LogP) is 3.22. The zero-order valence-electron chi connectivity index (χ0n) is 13.6. The maximum absolute atomic E-state index is 12.5. The van der Waals surface area contributed by atoms with Gasteiger partial charge in [-0.1, -0.05) is 28.9 Å². The highest BCUT2D eigenvalue weighted by atomic mass is 35.5. The SMILES string of the molecule is O=C(CCc1cccc(Cl)c1)N1CCC(n2cc(C3CC3)nn2)C1. The summed E-state index contributed by atoms with van der Waals surface area (Å²) in [6.07, 6.45) is 6.75. The topological polar surface area (TPSA) is 51.0 Å². The van der Waals surface area contributed by atoms with E-state index in [0.717, 1.165) is 42.2 Å². The number of rotatable bonds is 5. The molecule has 0 N–H and O–H groups in total. The lowest BCUT2D eigenvalue weighted by atomic mass is 10.1. The predicted molar refractivity (Wildman–Crippen MR) is 92.0 cm³/mol. The Bertz CT molecular complexity index is 740. The summed E-state index contributed by atoms with van der Waals surface area (Å²) in [5.74, 6) is 0.829. The maximum Gasteiger partial charge on any atom is 0.222 e. The quantitative estimate of drug-likeness (QED) is 0.836. The third-order valence-corrected chi connectivity index (χ3v) is 5.17. The summed E-state index contributed by atoms with van der Waals surface area (Å²) in [7, 11) is 0. The first kappa shape index (κ1) is 15.6. The zero-order chi connectivity index (χ0) is 16.5. The lowest BCUT2D eigenvalue weighted by Crippen LogP contribution is -2.29. The molecule has 0 spiro atoms. The van der Waals surface area contributed by atoms with Crippen LogP contribution in [-0.2, 0) is 11.2 Å². The molecule has 2 heterocycles. The van der Waals surface area contributed by atoms with Gasteiger partial charge in [-0.05, 0) is 43.4 Å². The van der Waals surface area contributed by atoms with E-state index in [1.54, 1.807) is 0 Å². The van der Waals surface area contributed by atoms with Crippen molar-refractivity contribution in [1.82, 2.24) is 19.9 Å². The number of aryl methyl sites for hydroxylation is 1. The summed E-state index contributed by atoms with van der Waals surface area (Å²) < 4.78 is 1.96. The number of benzene rings is 1. The molecule has 1 aliphatic carbocycles. The van der Waals surface area contributed by atoms with Gasteiger partial charge in [-0.2, -0.15) is 0 Å². The van der Waals surface area contributed by atoms with E-state index in [4.69, 9.17) is 11.6 Å². The minimum absolute atomic E-state index is 0.208. The molecule has 6 heteroatoms. The van der Waals surface area contributed by atoms with Gasteiger partial charge in [0.15, 0.2) is 0 Å². The minimum Gasteiger partial charge on any atom is -0.340 e. The van der Waals surface area contributed by atoms with Gasteiger partial charge < -0.3 is 4.90 Å². The highest BCUT2D eigenvalue weighted by Gasteiger charge is 2.30. The highest BCUT2D eigenvalue weighted by molar-refractivity contribution is 6.30. The first-order valence-corrected chi connectivity index (χ1v) is 9.01. The molecular weight excluding hydrogens is 324 g/mol. The minimum atomic E-state index is 0.208. The van der Waals surface area contributed by atoms with Gasteiger partial charge in [0, 0.05) is 36.6 Å². The van der Waals surface area contributed by atoms with Gasteiger partial charge in [0.05, 0.1) is 11.7 Å². The second-order valence-corrected chi connectivity index (χ2v) is 7.25.